The number of oxazole rings is 1. The first kappa shape index (κ1) is 17.5. The average Bonchev–Trinajstić information content (AvgIpc) is 3.41. The number of aromatic amines is 1. The Morgan fingerprint density at radius 3 is 2.75 bits per heavy atom. The van der Waals surface area contributed by atoms with E-state index in [1.54, 1.807) is 6.20 Å². The molecule has 1 atom stereocenters. The summed E-state index contributed by atoms with van der Waals surface area (Å²) in [5, 5.41) is 7.34. The van der Waals surface area contributed by atoms with Gasteiger partial charge in [0.05, 0.1) is 23.4 Å². The van der Waals surface area contributed by atoms with Crippen LogP contribution < -0.4 is 0 Å². The molecule has 1 N–H and O–H groups in total. The molecule has 1 saturated heterocycles. The Morgan fingerprint density at radius 2 is 1.89 bits per heavy atom. The number of rotatable bonds is 3. The molecule has 6 heteroatoms. The predicted molar refractivity (Wildman–Crippen MR) is 106 cm³/mol. The van der Waals surface area contributed by atoms with E-state index in [-0.39, 0.29) is 11.8 Å². The molecule has 1 aromatic carbocycles. The zero-order chi connectivity index (χ0) is 18.9. The molecule has 1 aliphatic heterocycles. The van der Waals surface area contributed by atoms with E-state index in [0.717, 1.165) is 60.5 Å². The topological polar surface area (TPSA) is 75.0 Å². The van der Waals surface area contributed by atoms with Crippen molar-refractivity contribution in [3.8, 4) is 0 Å². The number of hydrogen-bond donors (Lipinski definition) is 1. The normalized spacial score (nSPS) is 21.3. The van der Waals surface area contributed by atoms with E-state index in [4.69, 9.17) is 4.42 Å². The molecule has 28 heavy (non-hydrogen) atoms. The molecule has 2 fully saturated rings. The van der Waals surface area contributed by atoms with Crippen LogP contribution >= 0.6 is 0 Å². The summed E-state index contributed by atoms with van der Waals surface area (Å²) in [5.41, 5.74) is 3.49. The molecular formula is C22H26N4O2. The number of carbonyl (C=O) groups excluding carboxylic acids is 1. The zero-order valence-electron chi connectivity index (χ0n) is 16.1. The molecule has 0 radical (unpaired) electrons. The fourth-order valence-electron chi connectivity index (χ4n) is 4.77. The van der Waals surface area contributed by atoms with Gasteiger partial charge in [0.1, 0.15) is 5.52 Å². The molecular weight excluding hydrogens is 352 g/mol. The second kappa shape index (κ2) is 7.41. The fraction of sp³-hybridized carbons (Fsp3) is 0.500. The van der Waals surface area contributed by atoms with Gasteiger partial charge in [-0.15, -0.1) is 0 Å². The number of fused-ring (bicyclic) bond motifs is 1. The number of hydrogen-bond acceptors (Lipinski definition) is 4. The van der Waals surface area contributed by atoms with Crippen LogP contribution in [0.25, 0.3) is 11.1 Å². The van der Waals surface area contributed by atoms with E-state index < -0.39 is 0 Å². The number of carbonyl (C=O) groups is 1. The minimum Gasteiger partial charge on any atom is -0.440 e. The van der Waals surface area contributed by atoms with E-state index in [1.165, 1.54) is 19.3 Å². The van der Waals surface area contributed by atoms with Gasteiger partial charge < -0.3 is 9.32 Å². The van der Waals surface area contributed by atoms with Crippen LogP contribution in [0.4, 0.5) is 0 Å². The first-order chi connectivity index (χ1) is 13.8. The van der Waals surface area contributed by atoms with Crippen LogP contribution in [0, 0.1) is 0 Å². The summed E-state index contributed by atoms with van der Waals surface area (Å²) in [6, 6.07) is 7.84. The van der Waals surface area contributed by atoms with Crippen LogP contribution in [0.15, 0.2) is 34.9 Å². The van der Waals surface area contributed by atoms with Gasteiger partial charge in [-0.2, -0.15) is 5.10 Å². The number of likely N-dealkylation sites (tertiary alicyclic amines) is 1. The molecule has 1 saturated carbocycles. The maximum Gasteiger partial charge on any atom is 0.257 e. The molecule has 1 amide bonds. The Kier molecular flexibility index (Phi) is 4.63. The number of amides is 1. The van der Waals surface area contributed by atoms with Crippen molar-refractivity contribution in [2.24, 2.45) is 0 Å². The highest BCUT2D eigenvalue weighted by molar-refractivity contribution is 5.95. The molecule has 2 aromatic heterocycles. The average molecular weight is 378 g/mol. The zero-order valence-corrected chi connectivity index (χ0v) is 16.1. The highest BCUT2D eigenvalue weighted by Gasteiger charge is 2.31. The van der Waals surface area contributed by atoms with Crippen molar-refractivity contribution >= 4 is 17.0 Å². The van der Waals surface area contributed by atoms with Gasteiger partial charge in [-0.05, 0) is 37.8 Å². The Morgan fingerprint density at radius 1 is 1.07 bits per heavy atom. The van der Waals surface area contributed by atoms with Gasteiger partial charge in [0, 0.05) is 19.0 Å². The van der Waals surface area contributed by atoms with Crippen molar-refractivity contribution in [2.75, 3.05) is 13.1 Å². The van der Waals surface area contributed by atoms with Gasteiger partial charge in [0.15, 0.2) is 11.5 Å². The second-order valence-electron chi connectivity index (χ2n) is 8.14. The second-order valence-corrected chi connectivity index (χ2v) is 8.14. The van der Waals surface area contributed by atoms with Crippen molar-refractivity contribution in [3.63, 3.8) is 0 Å². The van der Waals surface area contributed by atoms with Crippen LogP contribution in [0.5, 0.6) is 0 Å². The number of nitrogens with one attached hydrogen (secondary N) is 1. The largest absolute Gasteiger partial charge is 0.440 e. The Bertz CT molecular complexity index is 937. The van der Waals surface area contributed by atoms with Gasteiger partial charge in [0.2, 0.25) is 0 Å². The Hall–Kier alpha value is -2.63. The van der Waals surface area contributed by atoms with Crippen LogP contribution in [0.1, 0.15) is 78.7 Å². The van der Waals surface area contributed by atoms with Gasteiger partial charge >= 0.3 is 0 Å². The molecule has 3 heterocycles. The Balaban J connectivity index is 1.35. The number of H-pyrrole nitrogens is 1. The lowest BCUT2D eigenvalue weighted by atomic mass is 9.85. The number of nitrogens with zero attached hydrogens (tertiary/aromatic N) is 3. The molecule has 1 aliphatic carbocycles. The monoisotopic (exact) mass is 378 g/mol. The standard InChI is InChI=1S/C22H26N4O2/c27-22(17-13-23-25-20(17)15-7-2-1-3-8-15)26-12-6-9-16(14-26)21-24-18-10-4-5-11-19(18)28-21/h4-5,10-11,13,15-16H,1-3,6-9,12,14H2,(H,23,25)/t16-/m0/s1. The summed E-state index contributed by atoms with van der Waals surface area (Å²) in [4.78, 5) is 19.9. The minimum absolute atomic E-state index is 0.0927. The summed E-state index contributed by atoms with van der Waals surface area (Å²) in [6.45, 7) is 1.44. The highest BCUT2D eigenvalue weighted by Crippen LogP contribution is 2.34. The third-order valence-corrected chi connectivity index (χ3v) is 6.28. The van der Waals surface area contributed by atoms with Crippen molar-refractivity contribution in [1.82, 2.24) is 20.1 Å². The number of aromatic nitrogens is 3. The number of para-hydroxylation sites is 2. The number of piperidine rings is 1. The lowest BCUT2D eigenvalue weighted by molar-refractivity contribution is 0.0697. The Labute approximate surface area is 164 Å². The van der Waals surface area contributed by atoms with Crippen LogP contribution in [0.3, 0.4) is 0 Å². The molecule has 0 unspecified atom stereocenters. The highest BCUT2D eigenvalue weighted by atomic mass is 16.3. The lowest BCUT2D eigenvalue weighted by Gasteiger charge is -2.31. The molecule has 2 aliphatic rings. The minimum atomic E-state index is 0.0927. The summed E-state index contributed by atoms with van der Waals surface area (Å²) < 4.78 is 5.98. The fourth-order valence-corrected chi connectivity index (χ4v) is 4.77. The first-order valence-corrected chi connectivity index (χ1v) is 10.5. The lowest BCUT2D eigenvalue weighted by Crippen LogP contribution is -2.39. The smallest absolute Gasteiger partial charge is 0.257 e. The maximum atomic E-state index is 13.3. The van der Waals surface area contributed by atoms with E-state index in [9.17, 15) is 4.79 Å². The molecule has 3 aromatic rings. The summed E-state index contributed by atoms with van der Waals surface area (Å²) in [7, 11) is 0. The molecule has 0 bridgehead atoms. The van der Waals surface area contributed by atoms with E-state index in [1.807, 2.05) is 29.2 Å². The van der Waals surface area contributed by atoms with Crippen molar-refractivity contribution < 1.29 is 9.21 Å². The SMILES string of the molecule is O=C(c1cn[nH]c1C1CCCCC1)N1CCC[C@H](c2nc3ccccc3o2)C1. The number of benzene rings is 1. The summed E-state index contributed by atoms with van der Waals surface area (Å²) in [6.07, 6.45) is 9.74. The van der Waals surface area contributed by atoms with Crippen LogP contribution in [-0.2, 0) is 0 Å². The van der Waals surface area contributed by atoms with E-state index in [0.29, 0.717) is 12.5 Å². The van der Waals surface area contributed by atoms with Gasteiger partial charge in [-0.1, -0.05) is 31.4 Å². The maximum absolute atomic E-state index is 13.3. The van der Waals surface area contributed by atoms with Gasteiger partial charge in [-0.25, -0.2) is 4.98 Å². The molecule has 6 nitrogen and oxygen atoms in total. The summed E-state index contributed by atoms with van der Waals surface area (Å²) in [5.74, 6) is 1.43. The molecule has 5 rings (SSSR count). The summed E-state index contributed by atoms with van der Waals surface area (Å²) >= 11 is 0. The molecule has 0 spiro atoms. The van der Waals surface area contributed by atoms with Crippen molar-refractivity contribution in [1.29, 1.82) is 0 Å². The first-order valence-electron chi connectivity index (χ1n) is 10.5. The third kappa shape index (κ3) is 3.21. The van der Waals surface area contributed by atoms with E-state index >= 15 is 0 Å². The third-order valence-electron chi connectivity index (χ3n) is 6.28. The van der Waals surface area contributed by atoms with Crippen LogP contribution in [0.2, 0.25) is 0 Å². The van der Waals surface area contributed by atoms with E-state index in [2.05, 4.69) is 15.2 Å². The van der Waals surface area contributed by atoms with Crippen molar-refractivity contribution in [2.45, 2.75) is 56.8 Å². The van der Waals surface area contributed by atoms with Gasteiger partial charge in [0.25, 0.3) is 5.91 Å². The predicted octanol–water partition coefficient (Wildman–Crippen LogP) is 4.62. The quantitative estimate of drug-likeness (QED) is 0.722. The van der Waals surface area contributed by atoms with Crippen LogP contribution in [-0.4, -0.2) is 39.1 Å². The molecule has 146 valence electrons. The van der Waals surface area contributed by atoms with Crippen molar-refractivity contribution in [3.05, 3.63) is 47.6 Å². The van der Waals surface area contributed by atoms with Gasteiger partial charge in [-0.3, -0.25) is 9.89 Å².